The number of aromatic amines is 1. The Kier molecular flexibility index (Phi) is 3.84. The maximum atomic E-state index is 12.8. The largest absolute Gasteiger partial charge is 0.344 e. The van der Waals surface area contributed by atoms with Gasteiger partial charge in [-0.05, 0) is 43.4 Å². The monoisotopic (exact) mass is 333 g/mol. The Balaban J connectivity index is 1.70. The van der Waals surface area contributed by atoms with Crippen LogP contribution < -0.4 is 10.9 Å². The molecular formula is C20H19N3O2. The molecular weight excluding hydrogens is 314 g/mol. The van der Waals surface area contributed by atoms with E-state index in [1.807, 2.05) is 0 Å². The lowest BCUT2D eigenvalue weighted by Crippen LogP contribution is -2.32. The van der Waals surface area contributed by atoms with Gasteiger partial charge in [0.15, 0.2) is 5.69 Å². The minimum Gasteiger partial charge on any atom is -0.344 e. The second-order valence-corrected chi connectivity index (χ2v) is 6.57. The molecule has 0 saturated heterocycles. The van der Waals surface area contributed by atoms with Crippen LogP contribution in [0.1, 0.15) is 46.1 Å². The molecule has 1 amide bonds. The van der Waals surface area contributed by atoms with E-state index in [1.165, 1.54) is 16.7 Å². The van der Waals surface area contributed by atoms with Crippen molar-refractivity contribution in [3.63, 3.8) is 0 Å². The van der Waals surface area contributed by atoms with Crippen LogP contribution >= 0.6 is 0 Å². The lowest BCUT2D eigenvalue weighted by atomic mass is 9.86. The van der Waals surface area contributed by atoms with Crippen LogP contribution in [0.15, 0.2) is 47.3 Å². The van der Waals surface area contributed by atoms with Gasteiger partial charge in [-0.1, -0.05) is 42.0 Å². The zero-order valence-corrected chi connectivity index (χ0v) is 14.0. The highest BCUT2D eigenvalue weighted by Crippen LogP contribution is 2.30. The van der Waals surface area contributed by atoms with E-state index < -0.39 is 0 Å². The summed E-state index contributed by atoms with van der Waals surface area (Å²) in [5.74, 6) is -0.258. The number of fused-ring (bicyclic) bond motifs is 2. The van der Waals surface area contributed by atoms with Crippen molar-refractivity contribution in [2.45, 2.75) is 32.2 Å². The predicted molar refractivity (Wildman–Crippen MR) is 96.7 cm³/mol. The van der Waals surface area contributed by atoms with Crippen molar-refractivity contribution < 1.29 is 4.79 Å². The van der Waals surface area contributed by atoms with Crippen LogP contribution in [0.5, 0.6) is 0 Å². The van der Waals surface area contributed by atoms with Crippen molar-refractivity contribution >= 4 is 16.7 Å². The number of nitrogens with zero attached hydrogens (tertiary/aromatic N) is 1. The number of carbonyl (C=O) groups excluding carboxylic acids is 1. The summed E-state index contributed by atoms with van der Waals surface area (Å²) in [5.41, 5.74) is 3.64. The van der Waals surface area contributed by atoms with Gasteiger partial charge in [-0.2, -0.15) is 5.10 Å². The fourth-order valence-electron chi connectivity index (χ4n) is 3.58. The van der Waals surface area contributed by atoms with Crippen molar-refractivity contribution in [3.05, 3.63) is 75.2 Å². The van der Waals surface area contributed by atoms with Crippen LogP contribution in [0.3, 0.4) is 0 Å². The third-order valence-electron chi connectivity index (χ3n) is 4.83. The summed E-state index contributed by atoms with van der Waals surface area (Å²) in [7, 11) is 0. The van der Waals surface area contributed by atoms with Gasteiger partial charge in [0, 0.05) is 5.39 Å². The number of hydrogen-bond donors (Lipinski definition) is 2. The second-order valence-electron chi connectivity index (χ2n) is 6.57. The van der Waals surface area contributed by atoms with E-state index in [4.69, 9.17) is 0 Å². The summed E-state index contributed by atoms with van der Waals surface area (Å²) in [6, 6.07) is 13.4. The average Bonchev–Trinajstić information content (AvgIpc) is 2.63. The normalized spacial score (nSPS) is 16.4. The maximum Gasteiger partial charge on any atom is 0.272 e. The summed E-state index contributed by atoms with van der Waals surface area (Å²) >= 11 is 0. The van der Waals surface area contributed by atoms with E-state index in [1.54, 1.807) is 24.3 Å². The number of nitrogens with one attached hydrogen (secondary N) is 2. The summed E-state index contributed by atoms with van der Waals surface area (Å²) in [4.78, 5) is 24.7. The third-order valence-corrected chi connectivity index (χ3v) is 4.83. The fourth-order valence-corrected chi connectivity index (χ4v) is 3.58. The molecule has 1 atom stereocenters. The quantitative estimate of drug-likeness (QED) is 0.757. The first-order valence-corrected chi connectivity index (χ1v) is 8.51. The molecule has 126 valence electrons. The highest BCUT2D eigenvalue weighted by molar-refractivity contribution is 6.04. The minimum absolute atomic E-state index is 0.0244. The smallest absolute Gasteiger partial charge is 0.272 e. The third kappa shape index (κ3) is 2.82. The van der Waals surface area contributed by atoms with E-state index >= 15 is 0 Å². The molecule has 0 spiro atoms. The molecule has 5 nitrogen and oxygen atoms in total. The molecule has 1 aromatic heterocycles. The van der Waals surface area contributed by atoms with Gasteiger partial charge in [-0.25, -0.2) is 5.10 Å². The van der Waals surface area contributed by atoms with Crippen LogP contribution in [0.4, 0.5) is 0 Å². The number of amides is 1. The van der Waals surface area contributed by atoms with Gasteiger partial charge < -0.3 is 5.32 Å². The van der Waals surface area contributed by atoms with E-state index in [2.05, 4.69) is 40.6 Å². The molecule has 1 aliphatic carbocycles. The molecule has 0 unspecified atom stereocenters. The molecule has 1 aliphatic rings. The van der Waals surface area contributed by atoms with Gasteiger partial charge in [0.05, 0.1) is 11.4 Å². The molecule has 4 rings (SSSR count). The van der Waals surface area contributed by atoms with Gasteiger partial charge in [0.25, 0.3) is 11.5 Å². The molecule has 0 radical (unpaired) electrons. The Morgan fingerprint density at radius 2 is 2.00 bits per heavy atom. The molecule has 25 heavy (non-hydrogen) atoms. The van der Waals surface area contributed by atoms with Gasteiger partial charge in [0.2, 0.25) is 0 Å². The zero-order chi connectivity index (χ0) is 17.4. The fraction of sp³-hybridized carbons (Fsp3) is 0.250. The number of aryl methyl sites for hydroxylation is 2. The van der Waals surface area contributed by atoms with Crippen molar-refractivity contribution in [2.75, 3.05) is 0 Å². The highest BCUT2D eigenvalue weighted by atomic mass is 16.2. The predicted octanol–water partition coefficient (Wildman–Crippen LogP) is 3.04. The number of hydrogen-bond acceptors (Lipinski definition) is 3. The van der Waals surface area contributed by atoms with Crippen LogP contribution in [-0.4, -0.2) is 16.1 Å². The first kappa shape index (κ1) is 15.6. The molecule has 2 N–H and O–H groups in total. The molecule has 0 saturated carbocycles. The van der Waals surface area contributed by atoms with Crippen LogP contribution in [0.2, 0.25) is 0 Å². The Labute approximate surface area is 145 Å². The van der Waals surface area contributed by atoms with Crippen LogP contribution in [0, 0.1) is 6.92 Å². The van der Waals surface area contributed by atoms with E-state index in [-0.39, 0.29) is 23.2 Å². The Morgan fingerprint density at radius 3 is 2.84 bits per heavy atom. The second kappa shape index (κ2) is 6.16. The topological polar surface area (TPSA) is 74.8 Å². The van der Waals surface area contributed by atoms with Crippen LogP contribution in [-0.2, 0) is 6.42 Å². The van der Waals surface area contributed by atoms with Gasteiger partial charge in [-0.3, -0.25) is 9.59 Å². The summed E-state index contributed by atoms with van der Waals surface area (Å²) in [6.45, 7) is 2.06. The number of H-pyrrole nitrogens is 1. The molecule has 5 heteroatoms. The summed E-state index contributed by atoms with van der Waals surface area (Å²) < 4.78 is 0. The molecule has 1 heterocycles. The minimum atomic E-state index is -0.286. The van der Waals surface area contributed by atoms with Crippen molar-refractivity contribution in [1.82, 2.24) is 15.5 Å². The first-order chi connectivity index (χ1) is 12.1. The van der Waals surface area contributed by atoms with Gasteiger partial charge in [0.1, 0.15) is 0 Å². The molecule has 0 aliphatic heterocycles. The number of carbonyl (C=O) groups is 1. The van der Waals surface area contributed by atoms with Crippen molar-refractivity contribution in [1.29, 1.82) is 0 Å². The SMILES string of the molecule is Cc1ccc2c(c1)[C@H](NC(=O)c1n[nH]c(=O)c3ccccc13)CCC2. The van der Waals surface area contributed by atoms with E-state index in [0.717, 1.165) is 19.3 Å². The average molecular weight is 333 g/mol. The first-order valence-electron chi connectivity index (χ1n) is 8.51. The Morgan fingerprint density at radius 1 is 1.20 bits per heavy atom. The summed E-state index contributed by atoms with van der Waals surface area (Å²) in [5, 5.41) is 10.6. The van der Waals surface area contributed by atoms with E-state index in [0.29, 0.717) is 10.8 Å². The Hall–Kier alpha value is -2.95. The lowest BCUT2D eigenvalue weighted by Gasteiger charge is -2.26. The zero-order valence-electron chi connectivity index (χ0n) is 14.0. The molecule has 3 aromatic rings. The van der Waals surface area contributed by atoms with Crippen LogP contribution in [0.25, 0.3) is 10.8 Å². The summed E-state index contributed by atoms with van der Waals surface area (Å²) in [6.07, 6.45) is 2.99. The van der Waals surface area contributed by atoms with Crippen molar-refractivity contribution in [3.8, 4) is 0 Å². The van der Waals surface area contributed by atoms with E-state index in [9.17, 15) is 9.59 Å². The van der Waals surface area contributed by atoms with Gasteiger partial charge in [-0.15, -0.1) is 0 Å². The standard InChI is InChI=1S/C20H19N3O2/c1-12-9-10-13-5-4-8-17(16(13)11-12)21-20(25)18-14-6-2-3-7-15(14)19(24)23-22-18/h2-3,6-7,9-11,17H,4-5,8H2,1H3,(H,21,25)(H,23,24)/t17-/m1/s1. The molecule has 0 fully saturated rings. The maximum absolute atomic E-state index is 12.8. The number of aromatic nitrogens is 2. The lowest BCUT2D eigenvalue weighted by molar-refractivity contribution is 0.0928. The molecule has 2 aromatic carbocycles. The Bertz CT molecular complexity index is 1020. The number of rotatable bonds is 2. The number of benzene rings is 2. The van der Waals surface area contributed by atoms with Gasteiger partial charge >= 0.3 is 0 Å². The highest BCUT2D eigenvalue weighted by Gasteiger charge is 2.24. The molecule has 0 bridgehead atoms. The van der Waals surface area contributed by atoms with Crippen molar-refractivity contribution in [2.24, 2.45) is 0 Å².